The zero-order chi connectivity index (χ0) is 85.3. The van der Waals surface area contributed by atoms with Crippen LogP contribution >= 0.6 is 272 Å². The minimum Gasteiger partial charge on any atom is -0.134 e. The van der Waals surface area contributed by atoms with Crippen LogP contribution in [-0.2, 0) is 0 Å². The summed E-state index contributed by atoms with van der Waals surface area (Å²) in [5.41, 5.74) is 0. The lowest BCUT2D eigenvalue weighted by Gasteiger charge is -2.12. The fourth-order valence-electron chi connectivity index (χ4n) is 19.1. The van der Waals surface area contributed by atoms with Gasteiger partial charge in [-0.05, 0) is 84.5 Å². The molecular formula is C92H80S24Si8. The monoisotopic (exact) mass is 2180 g/mol. The Morgan fingerprint density at radius 2 is 0.218 bits per heavy atom. The van der Waals surface area contributed by atoms with Gasteiger partial charge in [-0.1, -0.05) is 157 Å². The van der Waals surface area contributed by atoms with Gasteiger partial charge in [0.2, 0.25) is 0 Å². The highest BCUT2D eigenvalue weighted by Gasteiger charge is 2.39. The highest BCUT2D eigenvalue weighted by atomic mass is 32.2. The van der Waals surface area contributed by atoms with E-state index in [1.54, 1.807) is 181 Å². The molecule has 0 spiro atoms. The molecule has 0 N–H and O–H groups in total. The number of thiophene rings is 24. The van der Waals surface area contributed by atoms with Gasteiger partial charge in [-0.15, -0.1) is 272 Å². The molecule has 0 fully saturated rings. The highest BCUT2D eigenvalue weighted by molar-refractivity contribution is 7.60. The second-order valence-corrected chi connectivity index (χ2v) is 115. The molecule has 32 heteroatoms. The summed E-state index contributed by atoms with van der Waals surface area (Å²) in [5.74, 6) is 0. The van der Waals surface area contributed by atoms with Crippen molar-refractivity contribution in [3.05, 3.63) is 48.5 Å². The van der Waals surface area contributed by atoms with E-state index >= 15 is 0 Å². The van der Waals surface area contributed by atoms with E-state index in [9.17, 15) is 0 Å². The molecule has 0 nitrogen and oxygen atoms in total. The second-order valence-electron chi connectivity index (χ2n) is 42.6. The van der Waals surface area contributed by atoms with Gasteiger partial charge in [-0.25, -0.2) is 0 Å². The minimum atomic E-state index is -1.48. The molecule has 0 saturated carbocycles. The van der Waals surface area contributed by atoms with Crippen LogP contribution in [0.1, 0.15) is 0 Å². The molecule has 0 saturated heterocycles. The summed E-state index contributed by atoms with van der Waals surface area (Å²) < 4.78 is 49.9. The van der Waals surface area contributed by atoms with Gasteiger partial charge in [0.15, 0.2) is 0 Å². The van der Waals surface area contributed by atoms with E-state index in [0.717, 1.165) is 0 Å². The van der Waals surface area contributed by atoms with Crippen molar-refractivity contribution in [3.63, 3.8) is 0 Å². The summed E-state index contributed by atoms with van der Waals surface area (Å²) in [6.45, 7) is 60.6. The Morgan fingerprint density at radius 3 is 0.315 bits per heavy atom. The predicted octanol–water partition coefficient (Wildman–Crippen LogP) is 39.2. The Morgan fingerprint density at radius 1 is 0.113 bits per heavy atom. The molecule has 0 unspecified atom stereocenters. The Hall–Kier alpha value is -1.82. The van der Waals surface area contributed by atoms with Gasteiger partial charge in [0, 0.05) is 188 Å². The van der Waals surface area contributed by atoms with E-state index in [2.05, 4.69) is 478 Å². The molecule has 124 heavy (non-hydrogen) atoms. The fraction of sp³-hybridized carbons (Fsp3) is 0.261. The molecule has 28 rings (SSSR count). The Kier molecular flexibility index (Phi) is 17.3. The van der Waals surface area contributed by atoms with Crippen molar-refractivity contribution in [2.24, 2.45) is 0 Å². The third kappa shape index (κ3) is 11.2. The van der Waals surface area contributed by atoms with Crippen LogP contribution in [0.15, 0.2) is 48.5 Å². The zero-order valence-corrected chi connectivity index (χ0v) is 100. The molecule has 0 bridgehead atoms. The van der Waals surface area contributed by atoms with Crippen molar-refractivity contribution in [2.45, 2.75) is 157 Å². The first-order valence-electron chi connectivity index (χ1n) is 41.9. The summed E-state index contributed by atoms with van der Waals surface area (Å²) in [6.07, 6.45) is 0. The van der Waals surface area contributed by atoms with Crippen LogP contribution in [0, 0.1) is 0 Å². The van der Waals surface area contributed by atoms with Crippen molar-refractivity contribution < 1.29 is 0 Å². The fourth-order valence-corrected chi connectivity index (χ4v) is 70.2. The number of fused-ring (bicyclic) bond motifs is 54. The number of benzene rings is 4. The Labute approximate surface area is 818 Å². The van der Waals surface area contributed by atoms with Crippen LogP contribution in [0.25, 0.3) is 253 Å². The lowest BCUT2D eigenvalue weighted by atomic mass is 9.96. The zero-order valence-electron chi connectivity index (χ0n) is 72.4. The Bertz CT molecular complexity index is 8090. The topological polar surface area (TPSA) is 0 Å². The molecule has 0 amide bonds. The smallest absolute Gasteiger partial charge is 0.0904 e. The first-order valence-corrected chi connectivity index (χ1v) is 89.5. The molecule has 0 aliphatic carbocycles. The van der Waals surface area contributed by atoms with E-state index in [1.165, 1.54) is 107 Å². The van der Waals surface area contributed by atoms with Crippen molar-refractivity contribution >= 4 is 625 Å². The first kappa shape index (κ1) is 81.7. The SMILES string of the molecule is C[Si](C)(C)c1cc2c(s1)sc1sc3c4c5sc6sc7sc([Si](C)(C)C)cc7c6c5c5c(sc6sc7sc([Si](C)(C)C)cc7c65)c4c4sc5sc6sc([Si](C)(C)C)cc6c5c4c3c12.C[Si](C)(C)c1cc2c(s1)sc1sc3c4c5sc6sc7sc([Si](C)(C)C)cc7c6c5c5c(sc6sc7sc([Si](C)(C)C)cc7c65)c4c4sc5sc6sc([Si](C)(C)C)cc6c5c4c3c12. The number of rotatable bonds is 8. The van der Waals surface area contributed by atoms with Crippen molar-refractivity contribution in [1.82, 2.24) is 0 Å². The average molecular weight is 2180 g/mol. The summed E-state index contributed by atoms with van der Waals surface area (Å²) in [7, 11) is -11.9. The van der Waals surface area contributed by atoms with Gasteiger partial charge in [-0.3, -0.25) is 0 Å². The number of hydrogen-bond donors (Lipinski definition) is 0. The number of hydrogen-bond acceptors (Lipinski definition) is 24. The standard InChI is InChI=1S/2C46H40S12Si4/c2*1-59(2,3)21-13-17-25-29-30-26-18-14-22(60(4,5)6)48-40(18)56-44(26)52-36(30)34-33(35(29)51-43(25)55-39(17)47-21)37-31(27-19-15-23(61(7,8)9)49-41(19)57-45(27)53-37)32-28-20-16-24(62(10,11)12)50-42(20)58-46(28)54-38(32)34/h2*13-16H,1-12H3. The van der Waals surface area contributed by atoms with E-state index in [1.807, 2.05) is 0 Å². The molecule has 24 aromatic heterocycles. The van der Waals surface area contributed by atoms with Crippen molar-refractivity contribution in [3.8, 4) is 0 Å². The van der Waals surface area contributed by atoms with Gasteiger partial charge < -0.3 is 0 Å². The Balaban J connectivity index is 0.000000130. The maximum absolute atomic E-state index is 2.64. The first-order chi connectivity index (χ1) is 58.4. The lowest BCUT2D eigenvalue weighted by Crippen LogP contribution is -2.34. The lowest BCUT2D eigenvalue weighted by molar-refractivity contribution is 1.79. The normalized spacial score (nSPS) is 14.5. The second kappa shape index (κ2) is 26.3. The summed E-state index contributed by atoms with van der Waals surface area (Å²) in [4.78, 5) is 0. The van der Waals surface area contributed by atoms with Gasteiger partial charge in [-0.2, -0.15) is 0 Å². The van der Waals surface area contributed by atoms with Crippen LogP contribution in [-0.4, -0.2) is 64.6 Å². The van der Waals surface area contributed by atoms with Crippen molar-refractivity contribution in [1.29, 1.82) is 0 Å². The van der Waals surface area contributed by atoms with Crippen LogP contribution in [0.4, 0.5) is 0 Å². The summed E-state index contributed by atoms with van der Waals surface area (Å²) in [5, 5.41) is 43.3. The van der Waals surface area contributed by atoms with Crippen molar-refractivity contribution in [2.75, 3.05) is 0 Å². The maximum atomic E-state index is 2.64. The largest absolute Gasteiger partial charge is 0.134 e. The average Bonchev–Trinajstić information content (AvgIpc) is 1.49. The summed E-state index contributed by atoms with van der Waals surface area (Å²) in [6, 6.07) is 21.2. The molecular weight excluding hydrogens is 2100 g/mol. The van der Waals surface area contributed by atoms with Gasteiger partial charge in [0.25, 0.3) is 0 Å². The van der Waals surface area contributed by atoms with Crippen LogP contribution in [0.2, 0.25) is 157 Å². The van der Waals surface area contributed by atoms with Gasteiger partial charge in [0.1, 0.15) is 0 Å². The molecule has 4 aromatic carbocycles. The molecule has 24 heterocycles. The van der Waals surface area contributed by atoms with E-state index in [4.69, 9.17) is 0 Å². The molecule has 28 aromatic rings. The molecule has 0 radical (unpaired) electrons. The van der Waals surface area contributed by atoms with Gasteiger partial charge >= 0.3 is 0 Å². The third-order valence-electron chi connectivity index (χ3n) is 25.5. The van der Waals surface area contributed by atoms with Crippen LogP contribution in [0.3, 0.4) is 0 Å². The van der Waals surface area contributed by atoms with Gasteiger partial charge in [0.05, 0.1) is 129 Å². The third-order valence-corrected chi connectivity index (χ3v) is 83.9. The quantitative estimate of drug-likeness (QED) is 0.133. The van der Waals surface area contributed by atoms with E-state index in [0.29, 0.717) is 0 Å². The van der Waals surface area contributed by atoms with E-state index in [-0.39, 0.29) is 0 Å². The highest BCUT2D eigenvalue weighted by Crippen LogP contribution is 2.67. The molecule has 0 atom stereocenters. The minimum absolute atomic E-state index is 1.48. The molecule has 624 valence electrons. The molecule has 0 aliphatic heterocycles. The van der Waals surface area contributed by atoms with Crippen LogP contribution in [0.5, 0.6) is 0 Å². The maximum Gasteiger partial charge on any atom is 0.0904 e. The molecule has 0 aliphatic rings. The van der Waals surface area contributed by atoms with E-state index < -0.39 is 64.6 Å². The van der Waals surface area contributed by atoms with Crippen LogP contribution < -0.4 is 36.0 Å². The summed E-state index contributed by atoms with van der Waals surface area (Å²) >= 11 is 50.5. The predicted molar refractivity (Wildman–Crippen MR) is 641 cm³/mol.